The number of allylic oxidation sites excluding steroid dienone is 1. The molecule has 0 saturated carbocycles. The van der Waals surface area contributed by atoms with Gasteiger partial charge in [-0.2, -0.15) is 0 Å². The number of halogens is 3. The van der Waals surface area contributed by atoms with Gasteiger partial charge in [-0.1, -0.05) is 35.6 Å². The molecule has 12 heteroatoms. The minimum Gasteiger partial charge on any atom is -0.487 e. The number of carbonyl (C=O) groups excluding carboxylic acids is 2. The molecule has 1 atom stereocenters. The zero-order valence-electron chi connectivity index (χ0n) is 24.4. The van der Waals surface area contributed by atoms with E-state index in [4.69, 9.17) is 14.2 Å². The highest BCUT2D eigenvalue weighted by molar-refractivity contribution is 14.1. The van der Waals surface area contributed by atoms with Gasteiger partial charge in [0.25, 0.3) is 5.56 Å². The summed E-state index contributed by atoms with van der Waals surface area (Å²) in [6, 6.07) is 15.8. The number of benzene rings is 3. The molecule has 0 radical (unpaired) electrons. The molecule has 0 fully saturated rings. The van der Waals surface area contributed by atoms with Gasteiger partial charge >= 0.3 is 11.9 Å². The van der Waals surface area contributed by atoms with E-state index in [1.54, 1.807) is 51.1 Å². The molecule has 2 heterocycles. The van der Waals surface area contributed by atoms with Crippen LogP contribution in [0.3, 0.4) is 0 Å². The molecule has 0 N–H and O–H groups in total. The fourth-order valence-electron chi connectivity index (χ4n) is 4.84. The number of aromatic nitrogens is 1. The molecule has 45 heavy (non-hydrogen) atoms. The highest BCUT2D eigenvalue weighted by Gasteiger charge is 2.33. The van der Waals surface area contributed by atoms with E-state index in [9.17, 15) is 18.8 Å². The van der Waals surface area contributed by atoms with Crippen molar-refractivity contribution in [1.29, 1.82) is 0 Å². The fourth-order valence-corrected chi connectivity index (χ4v) is 7.92. The van der Waals surface area contributed by atoms with Gasteiger partial charge in [-0.25, -0.2) is 19.0 Å². The Kier molecular flexibility index (Phi) is 10.5. The molecular formula is C33H27FI2N2O6S. The van der Waals surface area contributed by atoms with E-state index in [0.29, 0.717) is 44.1 Å². The zero-order valence-corrected chi connectivity index (χ0v) is 29.6. The standard InChI is InChI=1S/C33H27FI2N2O6S/c1-4-42-31(40)21-8-6-19(7-9-21)17-44-29-22(14-24(35)16-25(29)36)15-26-30(39)38-28(20-10-12-23(34)13-11-20)27(32(41)43-5-2)18(3)37-33(38)45-26/h6-16,28H,4-5,17H2,1-3H3/b26-15-/t28-/m0/s1. The van der Waals surface area contributed by atoms with Crippen molar-refractivity contribution in [2.45, 2.75) is 33.4 Å². The van der Waals surface area contributed by atoms with Gasteiger partial charge in [0.2, 0.25) is 0 Å². The van der Waals surface area contributed by atoms with Gasteiger partial charge in [0.15, 0.2) is 4.80 Å². The molecule has 8 nitrogen and oxygen atoms in total. The smallest absolute Gasteiger partial charge is 0.338 e. The Morgan fingerprint density at radius 3 is 2.33 bits per heavy atom. The molecule has 0 amide bonds. The van der Waals surface area contributed by atoms with Crippen LogP contribution in [0.15, 0.2) is 81.7 Å². The van der Waals surface area contributed by atoms with Crippen molar-refractivity contribution in [2.24, 2.45) is 4.99 Å². The Morgan fingerprint density at radius 2 is 1.67 bits per heavy atom. The van der Waals surface area contributed by atoms with Crippen LogP contribution in [0.2, 0.25) is 0 Å². The normalized spacial score (nSPS) is 14.5. The second-order valence-electron chi connectivity index (χ2n) is 9.87. The summed E-state index contributed by atoms with van der Waals surface area (Å²) in [4.78, 5) is 44.2. The average Bonchev–Trinajstić information content (AvgIpc) is 3.30. The highest BCUT2D eigenvalue weighted by Crippen LogP contribution is 2.32. The highest BCUT2D eigenvalue weighted by atomic mass is 127. The summed E-state index contributed by atoms with van der Waals surface area (Å²) < 4.78 is 34.2. The molecule has 5 rings (SSSR count). The van der Waals surface area contributed by atoms with Crippen LogP contribution in [0.5, 0.6) is 5.75 Å². The minimum atomic E-state index is -0.840. The maximum Gasteiger partial charge on any atom is 0.338 e. The monoisotopic (exact) mass is 852 g/mol. The van der Waals surface area contributed by atoms with Crippen LogP contribution in [0.4, 0.5) is 4.39 Å². The Labute approximate surface area is 289 Å². The summed E-state index contributed by atoms with van der Waals surface area (Å²) in [5.41, 5.74) is 2.87. The summed E-state index contributed by atoms with van der Waals surface area (Å²) in [6.07, 6.45) is 1.76. The summed E-state index contributed by atoms with van der Waals surface area (Å²) in [5, 5.41) is 0. The lowest BCUT2D eigenvalue weighted by atomic mass is 9.96. The number of esters is 2. The lowest BCUT2D eigenvalue weighted by Crippen LogP contribution is -2.39. The number of fused-ring (bicyclic) bond motifs is 1. The molecule has 0 aliphatic carbocycles. The average molecular weight is 852 g/mol. The van der Waals surface area contributed by atoms with E-state index in [2.05, 4.69) is 50.2 Å². The van der Waals surface area contributed by atoms with E-state index in [-0.39, 0.29) is 30.3 Å². The lowest BCUT2D eigenvalue weighted by molar-refractivity contribution is -0.139. The third-order valence-electron chi connectivity index (χ3n) is 6.87. The van der Waals surface area contributed by atoms with Crippen molar-refractivity contribution in [2.75, 3.05) is 13.2 Å². The number of rotatable bonds is 9. The maximum absolute atomic E-state index is 14.0. The molecule has 0 bridgehead atoms. The van der Waals surface area contributed by atoms with Gasteiger partial charge in [-0.05, 0) is 120 Å². The fraction of sp³-hybridized carbons (Fsp3) is 0.212. The van der Waals surface area contributed by atoms with Crippen molar-refractivity contribution < 1.29 is 28.2 Å². The van der Waals surface area contributed by atoms with Gasteiger partial charge in [0, 0.05) is 9.13 Å². The number of hydrogen-bond donors (Lipinski definition) is 0. The van der Waals surface area contributed by atoms with Crippen LogP contribution in [0.1, 0.15) is 53.9 Å². The number of carbonyl (C=O) groups is 2. The van der Waals surface area contributed by atoms with Crippen molar-refractivity contribution >= 4 is 74.5 Å². The van der Waals surface area contributed by atoms with Crippen molar-refractivity contribution in [1.82, 2.24) is 4.57 Å². The molecule has 1 aliphatic rings. The second-order valence-corrected chi connectivity index (χ2v) is 13.3. The minimum absolute atomic E-state index is 0.153. The molecule has 0 saturated heterocycles. The first-order valence-corrected chi connectivity index (χ1v) is 16.9. The lowest BCUT2D eigenvalue weighted by Gasteiger charge is -2.24. The Hall–Kier alpha value is -3.37. The largest absolute Gasteiger partial charge is 0.487 e. The van der Waals surface area contributed by atoms with E-state index in [0.717, 1.165) is 12.7 Å². The van der Waals surface area contributed by atoms with E-state index < -0.39 is 17.8 Å². The summed E-state index contributed by atoms with van der Waals surface area (Å²) in [7, 11) is 0. The Bertz CT molecular complexity index is 1990. The van der Waals surface area contributed by atoms with Gasteiger partial charge in [-0.15, -0.1) is 0 Å². The zero-order chi connectivity index (χ0) is 32.2. The van der Waals surface area contributed by atoms with Crippen LogP contribution in [-0.4, -0.2) is 29.7 Å². The summed E-state index contributed by atoms with van der Waals surface area (Å²) >= 11 is 5.61. The molecular weight excluding hydrogens is 825 g/mol. The first-order valence-electron chi connectivity index (χ1n) is 13.9. The quantitative estimate of drug-likeness (QED) is 0.154. The van der Waals surface area contributed by atoms with Crippen LogP contribution in [-0.2, 0) is 20.9 Å². The van der Waals surface area contributed by atoms with E-state index in [1.165, 1.54) is 28.0 Å². The van der Waals surface area contributed by atoms with Crippen LogP contribution >= 0.6 is 56.5 Å². The molecule has 3 aromatic carbocycles. The molecule has 0 spiro atoms. The Balaban J connectivity index is 1.56. The molecule has 1 aliphatic heterocycles. The maximum atomic E-state index is 14.0. The van der Waals surface area contributed by atoms with Gasteiger partial charge in [0.1, 0.15) is 18.2 Å². The van der Waals surface area contributed by atoms with Crippen LogP contribution < -0.4 is 19.6 Å². The first-order chi connectivity index (χ1) is 21.6. The number of ether oxygens (including phenoxy) is 3. The predicted molar refractivity (Wildman–Crippen MR) is 185 cm³/mol. The SMILES string of the molecule is CCOC(=O)C1=C(C)N=c2s/c(=C\c3cc(I)cc(I)c3OCc3ccc(C(=O)OCC)cc3)c(=O)n2[C@H]1c1ccc(F)cc1. The van der Waals surface area contributed by atoms with Gasteiger partial charge < -0.3 is 14.2 Å². The van der Waals surface area contributed by atoms with Crippen LogP contribution in [0, 0.1) is 13.0 Å². The van der Waals surface area contributed by atoms with E-state index >= 15 is 0 Å². The van der Waals surface area contributed by atoms with Crippen molar-refractivity contribution in [3.05, 3.63) is 127 Å². The van der Waals surface area contributed by atoms with Crippen LogP contribution in [0.25, 0.3) is 6.08 Å². The molecule has 0 unspecified atom stereocenters. The third-order valence-corrected chi connectivity index (χ3v) is 9.28. The number of hydrogen-bond acceptors (Lipinski definition) is 8. The predicted octanol–water partition coefficient (Wildman–Crippen LogP) is 5.90. The third kappa shape index (κ3) is 7.22. The topological polar surface area (TPSA) is 96.2 Å². The second kappa shape index (κ2) is 14.4. The summed E-state index contributed by atoms with van der Waals surface area (Å²) in [6.45, 7) is 5.85. The first kappa shape index (κ1) is 33.0. The molecule has 4 aromatic rings. The van der Waals surface area contributed by atoms with Crippen molar-refractivity contribution in [3.63, 3.8) is 0 Å². The van der Waals surface area contributed by atoms with Gasteiger partial charge in [0.05, 0.1) is 44.2 Å². The Morgan fingerprint density at radius 1 is 1.00 bits per heavy atom. The molecule has 1 aromatic heterocycles. The number of thiazole rings is 1. The molecule has 232 valence electrons. The van der Waals surface area contributed by atoms with E-state index in [1.807, 2.05) is 24.3 Å². The summed E-state index contributed by atoms with van der Waals surface area (Å²) in [5.74, 6) is -0.803. The van der Waals surface area contributed by atoms with Crippen molar-refractivity contribution in [3.8, 4) is 5.75 Å². The number of nitrogens with zero attached hydrogens (tertiary/aromatic N) is 2. The van der Waals surface area contributed by atoms with Gasteiger partial charge in [-0.3, -0.25) is 9.36 Å².